The van der Waals surface area contributed by atoms with E-state index in [-0.39, 0.29) is 22.2 Å². The Labute approximate surface area is 140 Å². The number of sulfonamides is 1. The molecule has 0 saturated heterocycles. The Hall–Kier alpha value is -2.98. The van der Waals surface area contributed by atoms with Crippen LogP contribution in [0.15, 0.2) is 47.8 Å². The Kier molecular flexibility index (Phi) is 4.15. The van der Waals surface area contributed by atoms with Crippen molar-refractivity contribution in [3.05, 3.63) is 59.9 Å². The molecule has 0 unspecified atom stereocenters. The number of pyridine rings is 2. The van der Waals surface area contributed by atoms with Gasteiger partial charge >= 0.3 is 0 Å². The fraction of sp³-hybridized carbons (Fsp3) is 0. The lowest BCUT2D eigenvalue weighted by atomic mass is 10.1. The first kappa shape index (κ1) is 16.9. The highest BCUT2D eigenvalue weighted by atomic mass is 32.2. The number of rotatable bonds is 3. The summed E-state index contributed by atoms with van der Waals surface area (Å²) < 4.78 is 49.0. The number of anilines is 1. The second-order valence-electron chi connectivity index (χ2n) is 5.06. The summed E-state index contributed by atoms with van der Waals surface area (Å²) >= 11 is 0. The molecule has 0 saturated carbocycles. The third-order valence-corrected chi connectivity index (χ3v) is 4.08. The predicted octanol–water partition coefficient (Wildman–Crippen LogP) is 1.81. The van der Waals surface area contributed by atoms with Crippen LogP contribution >= 0.6 is 0 Å². The highest BCUT2D eigenvalue weighted by molar-refractivity contribution is 7.89. The number of hydrogen-bond donors (Lipinski definition) is 2. The molecule has 1 aromatic carbocycles. The van der Waals surface area contributed by atoms with Crippen molar-refractivity contribution in [3.8, 4) is 0 Å². The molecule has 1 amide bonds. The van der Waals surface area contributed by atoms with E-state index >= 15 is 0 Å². The van der Waals surface area contributed by atoms with Crippen molar-refractivity contribution >= 4 is 32.5 Å². The summed E-state index contributed by atoms with van der Waals surface area (Å²) in [6.45, 7) is 0. The zero-order valence-corrected chi connectivity index (χ0v) is 13.2. The quantitative estimate of drug-likeness (QED) is 0.735. The molecular weight excluding hydrogens is 354 g/mol. The van der Waals surface area contributed by atoms with E-state index in [1.165, 1.54) is 24.5 Å². The predicted molar refractivity (Wildman–Crippen MR) is 85.2 cm³/mol. The number of amides is 1. The van der Waals surface area contributed by atoms with Crippen LogP contribution in [0.2, 0.25) is 0 Å². The Bertz CT molecular complexity index is 1100. The smallest absolute Gasteiger partial charge is 0.257 e. The average Bonchev–Trinajstić information content (AvgIpc) is 2.55. The van der Waals surface area contributed by atoms with Gasteiger partial charge in [0, 0.05) is 35.6 Å². The third-order valence-electron chi connectivity index (χ3n) is 3.27. The summed E-state index contributed by atoms with van der Waals surface area (Å²) in [6, 6.07) is 5.66. The molecule has 25 heavy (non-hydrogen) atoms. The van der Waals surface area contributed by atoms with Gasteiger partial charge in [0.1, 0.15) is 0 Å². The molecule has 7 nitrogen and oxygen atoms in total. The van der Waals surface area contributed by atoms with Gasteiger partial charge in [-0.3, -0.25) is 9.78 Å². The van der Waals surface area contributed by atoms with Crippen molar-refractivity contribution in [1.29, 1.82) is 0 Å². The molecular formula is C15H10F2N4O3S. The van der Waals surface area contributed by atoms with Crippen LogP contribution in [0.3, 0.4) is 0 Å². The molecule has 0 radical (unpaired) electrons. The second-order valence-corrected chi connectivity index (χ2v) is 6.57. The number of aromatic nitrogens is 2. The van der Waals surface area contributed by atoms with Crippen LogP contribution < -0.4 is 10.5 Å². The number of primary sulfonamides is 1. The van der Waals surface area contributed by atoms with Crippen molar-refractivity contribution < 1.29 is 22.0 Å². The Morgan fingerprint density at radius 1 is 1.08 bits per heavy atom. The maximum absolute atomic E-state index is 13.3. The van der Waals surface area contributed by atoms with E-state index in [0.29, 0.717) is 0 Å². The third kappa shape index (κ3) is 3.59. The molecule has 0 aliphatic carbocycles. The average molecular weight is 364 g/mol. The maximum atomic E-state index is 13.3. The van der Waals surface area contributed by atoms with E-state index in [1.807, 2.05) is 0 Å². The summed E-state index contributed by atoms with van der Waals surface area (Å²) in [5, 5.41) is 7.27. The standard InChI is InChI=1S/C15H10F2N4O3S/c16-11-4-8-3-9(7-20-13(8)6-12(11)17)15(22)21-10-1-2-19-14(5-10)25(18,23)24/h1-7H,(H2,18,23,24)(H,19,21,22). The van der Waals surface area contributed by atoms with Gasteiger partial charge in [-0.2, -0.15) is 0 Å². The van der Waals surface area contributed by atoms with Gasteiger partial charge in [-0.15, -0.1) is 0 Å². The zero-order valence-electron chi connectivity index (χ0n) is 12.4. The fourth-order valence-corrected chi connectivity index (χ4v) is 2.59. The number of hydrogen-bond acceptors (Lipinski definition) is 5. The summed E-state index contributed by atoms with van der Waals surface area (Å²) in [7, 11) is -4.02. The number of halogens is 2. The second kappa shape index (κ2) is 6.15. The van der Waals surface area contributed by atoms with Gasteiger partial charge in [0.05, 0.1) is 11.1 Å². The molecule has 3 aromatic rings. The van der Waals surface area contributed by atoms with E-state index in [0.717, 1.165) is 18.2 Å². The van der Waals surface area contributed by atoms with Gasteiger partial charge < -0.3 is 5.32 Å². The molecule has 3 rings (SSSR count). The van der Waals surface area contributed by atoms with Crippen molar-refractivity contribution in [2.45, 2.75) is 5.03 Å². The van der Waals surface area contributed by atoms with Gasteiger partial charge in [-0.25, -0.2) is 27.3 Å². The van der Waals surface area contributed by atoms with Crippen LogP contribution in [0.4, 0.5) is 14.5 Å². The van der Waals surface area contributed by atoms with Gasteiger partial charge in [0.15, 0.2) is 16.7 Å². The van der Waals surface area contributed by atoms with Crippen LogP contribution in [0, 0.1) is 11.6 Å². The summed E-state index contributed by atoms with van der Waals surface area (Å²) in [5.74, 6) is -2.71. The number of benzene rings is 1. The number of carbonyl (C=O) groups excluding carboxylic acids is 1. The van der Waals surface area contributed by atoms with Crippen LogP contribution in [0.5, 0.6) is 0 Å². The van der Waals surface area contributed by atoms with E-state index < -0.39 is 32.6 Å². The lowest BCUT2D eigenvalue weighted by molar-refractivity contribution is 0.102. The summed E-state index contributed by atoms with van der Waals surface area (Å²) in [6.07, 6.45) is 2.36. The fourth-order valence-electron chi connectivity index (χ4n) is 2.09. The van der Waals surface area contributed by atoms with Crippen molar-refractivity contribution in [3.63, 3.8) is 0 Å². The van der Waals surface area contributed by atoms with E-state index in [2.05, 4.69) is 15.3 Å². The lowest BCUT2D eigenvalue weighted by Gasteiger charge is -2.07. The van der Waals surface area contributed by atoms with Gasteiger partial charge in [0.2, 0.25) is 0 Å². The largest absolute Gasteiger partial charge is 0.322 e. The zero-order chi connectivity index (χ0) is 18.2. The van der Waals surface area contributed by atoms with Crippen molar-refractivity contribution in [2.75, 3.05) is 5.32 Å². The monoisotopic (exact) mass is 364 g/mol. The first-order valence-corrected chi connectivity index (χ1v) is 8.34. The SMILES string of the molecule is NS(=O)(=O)c1cc(NC(=O)c2cnc3cc(F)c(F)cc3c2)ccn1. The topological polar surface area (TPSA) is 115 Å². The van der Waals surface area contributed by atoms with E-state index in [9.17, 15) is 22.0 Å². The first-order chi connectivity index (χ1) is 11.7. The van der Waals surface area contributed by atoms with E-state index in [1.54, 1.807) is 0 Å². The molecule has 0 bridgehead atoms. The van der Waals surface area contributed by atoms with Crippen LogP contribution in [-0.4, -0.2) is 24.3 Å². The Balaban J connectivity index is 1.91. The molecule has 10 heteroatoms. The Morgan fingerprint density at radius 3 is 2.52 bits per heavy atom. The molecule has 0 atom stereocenters. The minimum atomic E-state index is -4.02. The van der Waals surface area contributed by atoms with Crippen LogP contribution in [0.25, 0.3) is 10.9 Å². The van der Waals surface area contributed by atoms with Gasteiger partial charge in [-0.1, -0.05) is 0 Å². The van der Waals surface area contributed by atoms with E-state index in [4.69, 9.17) is 5.14 Å². The van der Waals surface area contributed by atoms with Gasteiger partial charge in [-0.05, 0) is 18.2 Å². The molecule has 3 N–H and O–H groups in total. The molecule has 2 aromatic heterocycles. The minimum Gasteiger partial charge on any atom is -0.322 e. The Morgan fingerprint density at radius 2 is 1.80 bits per heavy atom. The maximum Gasteiger partial charge on any atom is 0.257 e. The van der Waals surface area contributed by atoms with Gasteiger partial charge in [0.25, 0.3) is 15.9 Å². The number of nitrogens with two attached hydrogens (primary N) is 1. The van der Waals surface area contributed by atoms with Crippen LogP contribution in [0.1, 0.15) is 10.4 Å². The summed E-state index contributed by atoms with van der Waals surface area (Å²) in [5.41, 5.74) is 0.415. The molecule has 128 valence electrons. The van der Waals surface area contributed by atoms with Crippen molar-refractivity contribution in [1.82, 2.24) is 9.97 Å². The normalized spacial score (nSPS) is 11.5. The molecule has 0 spiro atoms. The number of nitrogens with zero attached hydrogens (tertiary/aromatic N) is 2. The van der Waals surface area contributed by atoms with Crippen molar-refractivity contribution in [2.24, 2.45) is 5.14 Å². The molecule has 2 heterocycles. The highest BCUT2D eigenvalue weighted by Crippen LogP contribution is 2.19. The molecule has 0 aliphatic rings. The molecule has 0 aliphatic heterocycles. The first-order valence-electron chi connectivity index (χ1n) is 6.79. The number of nitrogens with one attached hydrogen (secondary N) is 1. The molecule has 0 fully saturated rings. The number of carbonyl (C=O) groups is 1. The number of fused-ring (bicyclic) bond motifs is 1. The van der Waals surface area contributed by atoms with Crippen LogP contribution in [-0.2, 0) is 10.0 Å². The summed E-state index contributed by atoms with van der Waals surface area (Å²) in [4.78, 5) is 19.8. The lowest BCUT2D eigenvalue weighted by Crippen LogP contribution is -2.16. The highest BCUT2D eigenvalue weighted by Gasteiger charge is 2.13. The minimum absolute atomic E-state index is 0.0764.